The molecule has 0 aromatic carbocycles. The quantitative estimate of drug-likeness (QED) is 0.698. The van der Waals surface area contributed by atoms with Crippen molar-refractivity contribution in [3.05, 3.63) is 18.2 Å². The molecule has 0 bridgehead atoms. The van der Waals surface area contributed by atoms with Crippen molar-refractivity contribution in [2.75, 3.05) is 0 Å². The number of rotatable bonds is 4. The van der Waals surface area contributed by atoms with E-state index in [1.54, 1.807) is 6.21 Å². The molecule has 0 saturated carbocycles. The Morgan fingerprint density at radius 3 is 2.87 bits per heavy atom. The summed E-state index contributed by atoms with van der Waals surface area (Å²) in [5.41, 5.74) is 0.487. The monoisotopic (exact) mass is 203 g/mol. The summed E-state index contributed by atoms with van der Waals surface area (Å²) >= 11 is 0. The van der Waals surface area contributed by atoms with E-state index in [4.69, 9.17) is 5.26 Å². The highest BCUT2D eigenvalue weighted by molar-refractivity contribution is 5.69. The number of aryl methyl sites for hydroxylation is 1. The predicted octanol–water partition coefficient (Wildman–Crippen LogP) is 1.62. The lowest BCUT2D eigenvalue weighted by atomic mass is 10.4. The largest absolute Gasteiger partial charge is 0.258 e. The average Bonchev–Trinajstić information content (AvgIpc) is 2.68. The van der Waals surface area contributed by atoms with Crippen LogP contribution < -0.4 is 0 Å². The predicted molar refractivity (Wildman–Crippen MR) is 58.2 cm³/mol. The van der Waals surface area contributed by atoms with Crippen LogP contribution in [0.1, 0.15) is 31.9 Å². The van der Waals surface area contributed by atoms with Gasteiger partial charge in [-0.1, -0.05) is 13.5 Å². The maximum absolute atomic E-state index is 8.78. The summed E-state index contributed by atoms with van der Waals surface area (Å²) in [7, 11) is 0. The topological polar surface area (TPSA) is 66.9 Å². The Morgan fingerprint density at radius 2 is 2.40 bits per heavy atom. The second-order valence-electron chi connectivity index (χ2n) is 2.85. The van der Waals surface area contributed by atoms with Crippen LogP contribution in [0.25, 0.3) is 5.70 Å². The molecule has 0 aliphatic carbocycles. The lowest BCUT2D eigenvalue weighted by molar-refractivity contribution is 0.646. The van der Waals surface area contributed by atoms with E-state index < -0.39 is 0 Å². The number of hydrogen-bond acceptors (Lipinski definition) is 4. The van der Waals surface area contributed by atoms with Crippen LogP contribution in [0, 0.1) is 11.3 Å². The van der Waals surface area contributed by atoms with Gasteiger partial charge < -0.3 is 0 Å². The van der Waals surface area contributed by atoms with Crippen molar-refractivity contribution in [2.24, 2.45) is 4.99 Å². The minimum atomic E-state index is 0.292. The Bertz CT molecular complexity index is 422. The maximum Gasteiger partial charge on any atom is 0.231 e. The molecule has 78 valence electrons. The van der Waals surface area contributed by atoms with Crippen LogP contribution in [-0.2, 0) is 6.54 Å². The van der Waals surface area contributed by atoms with Crippen LogP contribution in [0.15, 0.2) is 11.6 Å². The van der Waals surface area contributed by atoms with Gasteiger partial charge in [-0.15, -0.1) is 5.10 Å². The van der Waals surface area contributed by atoms with Gasteiger partial charge in [-0.3, -0.25) is 4.99 Å². The highest BCUT2D eigenvalue weighted by Crippen LogP contribution is 2.09. The van der Waals surface area contributed by atoms with Crippen molar-refractivity contribution in [2.45, 2.75) is 26.8 Å². The standard InChI is InChI=1S/C10H13N5/c1-4-6-12-8(3)10-13-9(7-11)15(5-2)14-10/h6H,3-5H2,1-2H3. The normalized spacial score (nSPS) is 10.5. The summed E-state index contributed by atoms with van der Waals surface area (Å²) in [6.07, 6.45) is 2.57. The molecule has 15 heavy (non-hydrogen) atoms. The van der Waals surface area contributed by atoms with Gasteiger partial charge in [0.2, 0.25) is 5.82 Å². The summed E-state index contributed by atoms with van der Waals surface area (Å²) in [6, 6.07) is 1.97. The molecule has 5 nitrogen and oxygen atoms in total. The van der Waals surface area contributed by atoms with Crippen LogP contribution in [0.2, 0.25) is 0 Å². The lowest BCUT2D eigenvalue weighted by Crippen LogP contribution is -1.99. The smallest absolute Gasteiger partial charge is 0.231 e. The highest BCUT2D eigenvalue weighted by Gasteiger charge is 2.09. The fraction of sp³-hybridized carbons (Fsp3) is 0.400. The molecule has 0 aliphatic heterocycles. The Kier molecular flexibility index (Phi) is 3.75. The molecule has 0 aliphatic rings. The number of hydrogen-bond donors (Lipinski definition) is 0. The van der Waals surface area contributed by atoms with Crippen molar-refractivity contribution in [1.29, 1.82) is 5.26 Å². The highest BCUT2D eigenvalue weighted by atomic mass is 15.3. The fourth-order valence-electron chi connectivity index (χ4n) is 1.03. The van der Waals surface area contributed by atoms with Gasteiger partial charge in [-0.05, 0) is 13.3 Å². The molecule has 1 aromatic rings. The van der Waals surface area contributed by atoms with Crippen molar-refractivity contribution >= 4 is 11.9 Å². The Balaban J connectivity index is 2.97. The van der Waals surface area contributed by atoms with Gasteiger partial charge in [0.15, 0.2) is 5.82 Å². The molecular formula is C10H13N5. The number of aliphatic imine (C=N–C) groups is 1. The Morgan fingerprint density at radius 1 is 1.67 bits per heavy atom. The number of aromatic nitrogens is 3. The minimum absolute atomic E-state index is 0.292. The van der Waals surface area contributed by atoms with E-state index in [2.05, 4.69) is 21.7 Å². The van der Waals surface area contributed by atoms with Crippen LogP contribution in [-0.4, -0.2) is 21.0 Å². The third-order valence-electron chi connectivity index (χ3n) is 1.76. The van der Waals surface area contributed by atoms with Crippen LogP contribution in [0.5, 0.6) is 0 Å². The summed E-state index contributed by atoms with van der Waals surface area (Å²) in [5, 5.41) is 12.9. The maximum atomic E-state index is 8.78. The zero-order valence-corrected chi connectivity index (χ0v) is 8.93. The molecule has 0 N–H and O–H groups in total. The van der Waals surface area contributed by atoms with E-state index in [-0.39, 0.29) is 0 Å². The summed E-state index contributed by atoms with van der Waals surface area (Å²) in [4.78, 5) is 8.10. The lowest BCUT2D eigenvalue weighted by Gasteiger charge is -1.92. The first kappa shape index (κ1) is 11.1. The third-order valence-corrected chi connectivity index (χ3v) is 1.76. The first-order chi connectivity index (χ1) is 7.22. The SMILES string of the molecule is C=C(N=CCC)c1nc(C#N)n(CC)n1. The Hall–Kier alpha value is -1.96. The molecule has 0 amide bonds. The van der Waals surface area contributed by atoms with E-state index >= 15 is 0 Å². The van der Waals surface area contributed by atoms with Gasteiger partial charge in [-0.25, -0.2) is 4.68 Å². The second kappa shape index (κ2) is 5.05. The van der Waals surface area contributed by atoms with Gasteiger partial charge in [0.05, 0.1) is 0 Å². The summed E-state index contributed by atoms with van der Waals surface area (Å²) in [5.74, 6) is 0.707. The number of nitriles is 1. The molecule has 0 spiro atoms. The molecule has 0 radical (unpaired) electrons. The Labute approximate surface area is 88.8 Å². The number of nitrogens with zero attached hydrogens (tertiary/aromatic N) is 5. The first-order valence-electron chi connectivity index (χ1n) is 4.79. The molecule has 1 rings (SSSR count). The van der Waals surface area contributed by atoms with E-state index in [0.717, 1.165) is 6.42 Å². The molecule has 0 unspecified atom stereocenters. The minimum Gasteiger partial charge on any atom is -0.258 e. The molecule has 1 aromatic heterocycles. The van der Waals surface area contributed by atoms with Crippen LogP contribution in [0.4, 0.5) is 0 Å². The zero-order valence-electron chi connectivity index (χ0n) is 8.93. The third kappa shape index (κ3) is 2.50. The van der Waals surface area contributed by atoms with E-state index in [1.165, 1.54) is 4.68 Å². The van der Waals surface area contributed by atoms with Gasteiger partial charge in [0, 0.05) is 12.8 Å². The van der Waals surface area contributed by atoms with E-state index in [1.807, 2.05) is 19.9 Å². The van der Waals surface area contributed by atoms with E-state index in [9.17, 15) is 0 Å². The van der Waals surface area contributed by atoms with Crippen LogP contribution in [0.3, 0.4) is 0 Å². The molecule has 0 saturated heterocycles. The second-order valence-corrected chi connectivity index (χ2v) is 2.85. The van der Waals surface area contributed by atoms with Crippen molar-refractivity contribution in [3.8, 4) is 6.07 Å². The fourth-order valence-corrected chi connectivity index (χ4v) is 1.03. The van der Waals surface area contributed by atoms with Gasteiger partial charge in [0.25, 0.3) is 0 Å². The molecule has 1 heterocycles. The van der Waals surface area contributed by atoms with E-state index in [0.29, 0.717) is 23.9 Å². The molecule has 5 heteroatoms. The zero-order chi connectivity index (χ0) is 11.3. The van der Waals surface area contributed by atoms with Crippen molar-refractivity contribution in [1.82, 2.24) is 14.8 Å². The van der Waals surface area contributed by atoms with Crippen LogP contribution >= 0.6 is 0 Å². The van der Waals surface area contributed by atoms with Crippen molar-refractivity contribution < 1.29 is 0 Å². The van der Waals surface area contributed by atoms with Gasteiger partial charge >= 0.3 is 0 Å². The first-order valence-corrected chi connectivity index (χ1v) is 4.79. The summed E-state index contributed by atoms with van der Waals surface area (Å²) < 4.78 is 1.53. The van der Waals surface area contributed by atoms with Gasteiger partial charge in [0.1, 0.15) is 11.8 Å². The molecule has 0 fully saturated rings. The molecule has 0 atom stereocenters. The average molecular weight is 203 g/mol. The van der Waals surface area contributed by atoms with Gasteiger partial charge in [-0.2, -0.15) is 10.2 Å². The van der Waals surface area contributed by atoms with Crippen molar-refractivity contribution in [3.63, 3.8) is 0 Å². The summed E-state index contributed by atoms with van der Waals surface area (Å²) in [6.45, 7) is 8.23. The molecular weight excluding hydrogens is 190 g/mol.